The Bertz CT molecular complexity index is 1300. The minimum atomic E-state index is -0.0173. The van der Waals surface area contributed by atoms with Crippen molar-refractivity contribution in [2.75, 3.05) is 12.4 Å². The summed E-state index contributed by atoms with van der Waals surface area (Å²) in [5.74, 6) is 2.04. The molecule has 2 aromatic heterocycles. The molecular formula is C24H25N5O2S. The van der Waals surface area contributed by atoms with Crippen molar-refractivity contribution in [1.29, 1.82) is 5.26 Å². The van der Waals surface area contributed by atoms with Gasteiger partial charge in [-0.15, -0.1) is 10.2 Å². The molecule has 0 radical (unpaired) electrons. The van der Waals surface area contributed by atoms with Crippen LogP contribution in [0.25, 0.3) is 16.7 Å². The van der Waals surface area contributed by atoms with E-state index in [1.54, 1.807) is 16.3 Å². The van der Waals surface area contributed by atoms with E-state index in [0.717, 1.165) is 41.2 Å². The minimum absolute atomic E-state index is 0.0173. The van der Waals surface area contributed by atoms with Gasteiger partial charge in [0.1, 0.15) is 5.75 Å². The average Bonchev–Trinajstić information content (AvgIpc) is 3.24. The van der Waals surface area contributed by atoms with Crippen LogP contribution in [0.1, 0.15) is 31.7 Å². The van der Waals surface area contributed by atoms with Crippen molar-refractivity contribution < 1.29 is 4.74 Å². The van der Waals surface area contributed by atoms with Crippen LogP contribution in [0.3, 0.4) is 0 Å². The van der Waals surface area contributed by atoms with Gasteiger partial charge >= 0.3 is 0 Å². The van der Waals surface area contributed by atoms with Gasteiger partial charge in [-0.25, -0.2) is 0 Å². The minimum Gasteiger partial charge on any atom is -0.493 e. The van der Waals surface area contributed by atoms with Gasteiger partial charge in [-0.1, -0.05) is 55.8 Å². The summed E-state index contributed by atoms with van der Waals surface area (Å²) in [6.45, 7) is 3.29. The Kier molecular flexibility index (Phi) is 7.07. The first-order chi connectivity index (χ1) is 15.7. The highest BCUT2D eigenvalue weighted by Crippen LogP contribution is 2.22. The molecule has 7 nitrogen and oxygen atoms in total. The van der Waals surface area contributed by atoms with Crippen LogP contribution in [0.2, 0.25) is 0 Å². The van der Waals surface area contributed by atoms with Crippen molar-refractivity contribution in [3.05, 3.63) is 64.4 Å². The van der Waals surface area contributed by atoms with Gasteiger partial charge in [-0.05, 0) is 36.2 Å². The zero-order valence-electron chi connectivity index (χ0n) is 18.0. The predicted octanol–water partition coefficient (Wildman–Crippen LogP) is 4.47. The quantitative estimate of drug-likeness (QED) is 0.263. The number of aryl methyl sites for hydroxylation is 1. The zero-order valence-corrected chi connectivity index (χ0v) is 18.8. The van der Waals surface area contributed by atoms with E-state index in [1.165, 1.54) is 0 Å². The van der Waals surface area contributed by atoms with Crippen molar-refractivity contribution in [2.24, 2.45) is 0 Å². The van der Waals surface area contributed by atoms with Gasteiger partial charge in [0.25, 0.3) is 5.56 Å². The fraction of sp³-hybridized carbons (Fsp3) is 0.333. The van der Waals surface area contributed by atoms with Crippen LogP contribution in [0.5, 0.6) is 5.75 Å². The Morgan fingerprint density at radius 2 is 1.91 bits per heavy atom. The van der Waals surface area contributed by atoms with Gasteiger partial charge in [-0.2, -0.15) is 5.26 Å². The third-order valence-electron chi connectivity index (χ3n) is 5.25. The molecule has 0 fully saturated rings. The molecule has 0 aliphatic heterocycles. The van der Waals surface area contributed by atoms with Crippen LogP contribution in [0.4, 0.5) is 0 Å². The number of para-hydroxylation sites is 1. The largest absolute Gasteiger partial charge is 0.493 e. The van der Waals surface area contributed by atoms with Crippen LogP contribution < -0.4 is 10.3 Å². The maximum Gasteiger partial charge on any atom is 0.262 e. The predicted molar refractivity (Wildman–Crippen MR) is 126 cm³/mol. The fourth-order valence-electron chi connectivity index (χ4n) is 3.64. The number of hydrogen-bond donors (Lipinski definition) is 0. The second kappa shape index (κ2) is 10.3. The summed E-state index contributed by atoms with van der Waals surface area (Å²) < 4.78 is 9.55. The lowest BCUT2D eigenvalue weighted by Crippen LogP contribution is -2.23. The van der Waals surface area contributed by atoms with E-state index in [1.807, 2.05) is 52.9 Å². The lowest BCUT2D eigenvalue weighted by atomic mass is 10.2. The van der Waals surface area contributed by atoms with E-state index in [-0.39, 0.29) is 5.56 Å². The summed E-state index contributed by atoms with van der Waals surface area (Å²) in [7, 11) is 0. The molecule has 4 rings (SSSR count). The van der Waals surface area contributed by atoms with Crippen molar-refractivity contribution in [3.63, 3.8) is 0 Å². The summed E-state index contributed by atoms with van der Waals surface area (Å²) in [4.78, 5) is 13.1. The molecule has 0 bridgehead atoms. The molecule has 0 N–H and O–H groups in total. The molecule has 0 saturated heterocycles. The first-order valence-electron chi connectivity index (χ1n) is 10.8. The number of thioether (sulfide) groups is 1. The van der Waals surface area contributed by atoms with Gasteiger partial charge in [0.05, 0.1) is 30.0 Å². The van der Waals surface area contributed by atoms with E-state index < -0.39 is 0 Å². The Morgan fingerprint density at radius 3 is 2.69 bits per heavy atom. The standard InChI is InChI=1S/C24H25N5O2S/c1-2-3-6-15-28-22(30)20-7-4-5-8-21(20)29-23(28)26-27-24(29)32-17-16-31-19-11-9-18(10-12-19)13-14-25/h4-5,7-12H,2-3,6,13,15-17H2,1H3. The molecule has 164 valence electrons. The number of benzene rings is 2. The number of ether oxygens (including phenoxy) is 1. The zero-order chi connectivity index (χ0) is 22.3. The topological polar surface area (TPSA) is 85.2 Å². The molecule has 0 aliphatic rings. The molecular weight excluding hydrogens is 422 g/mol. The van der Waals surface area contributed by atoms with E-state index in [2.05, 4.69) is 23.2 Å². The first-order valence-corrected chi connectivity index (χ1v) is 11.8. The molecule has 0 unspecified atom stereocenters. The lowest BCUT2D eigenvalue weighted by molar-refractivity contribution is 0.344. The smallest absolute Gasteiger partial charge is 0.262 e. The molecule has 0 spiro atoms. The van der Waals surface area contributed by atoms with E-state index in [4.69, 9.17) is 10.00 Å². The van der Waals surface area contributed by atoms with Gasteiger partial charge in [0.15, 0.2) is 5.16 Å². The van der Waals surface area contributed by atoms with E-state index in [9.17, 15) is 4.79 Å². The monoisotopic (exact) mass is 447 g/mol. The Morgan fingerprint density at radius 1 is 1.09 bits per heavy atom. The molecule has 2 aromatic carbocycles. The number of aromatic nitrogens is 4. The third-order valence-corrected chi connectivity index (χ3v) is 6.15. The molecule has 0 atom stereocenters. The highest BCUT2D eigenvalue weighted by Gasteiger charge is 2.16. The number of unbranched alkanes of at least 4 members (excludes halogenated alkanes) is 2. The van der Waals surface area contributed by atoms with E-state index >= 15 is 0 Å². The van der Waals surface area contributed by atoms with Crippen LogP contribution in [0, 0.1) is 11.3 Å². The maximum atomic E-state index is 13.1. The Balaban J connectivity index is 1.53. The number of fused-ring (bicyclic) bond motifs is 3. The van der Waals surface area contributed by atoms with Gasteiger partial charge in [0, 0.05) is 12.3 Å². The number of nitriles is 1. The highest BCUT2D eigenvalue weighted by molar-refractivity contribution is 7.99. The van der Waals surface area contributed by atoms with E-state index in [0.29, 0.717) is 36.5 Å². The molecule has 0 amide bonds. The summed E-state index contributed by atoms with van der Waals surface area (Å²) in [5.41, 5.74) is 1.78. The summed E-state index contributed by atoms with van der Waals surface area (Å²) in [5, 5.41) is 18.9. The molecule has 32 heavy (non-hydrogen) atoms. The summed E-state index contributed by atoms with van der Waals surface area (Å²) >= 11 is 1.55. The average molecular weight is 448 g/mol. The summed E-state index contributed by atoms with van der Waals surface area (Å²) in [6, 6.07) is 17.3. The molecule has 8 heteroatoms. The fourth-order valence-corrected chi connectivity index (χ4v) is 4.39. The molecule has 0 aliphatic carbocycles. The number of hydrogen-bond acceptors (Lipinski definition) is 6. The van der Waals surface area contributed by atoms with Crippen LogP contribution in [0.15, 0.2) is 58.5 Å². The van der Waals surface area contributed by atoms with Crippen LogP contribution in [-0.2, 0) is 13.0 Å². The van der Waals surface area contributed by atoms with Crippen LogP contribution in [-0.4, -0.2) is 31.5 Å². The summed E-state index contributed by atoms with van der Waals surface area (Å²) in [6.07, 6.45) is 3.48. The van der Waals surface area contributed by atoms with Crippen molar-refractivity contribution in [2.45, 2.75) is 44.3 Å². The lowest BCUT2D eigenvalue weighted by Gasteiger charge is -2.11. The van der Waals surface area contributed by atoms with Gasteiger partial charge in [0.2, 0.25) is 5.78 Å². The second-order valence-electron chi connectivity index (χ2n) is 7.47. The molecule has 4 aromatic rings. The second-order valence-corrected chi connectivity index (χ2v) is 8.54. The van der Waals surface area contributed by atoms with Gasteiger partial charge < -0.3 is 4.74 Å². The third kappa shape index (κ3) is 4.63. The highest BCUT2D eigenvalue weighted by atomic mass is 32.2. The maximum absolute atomic E-state index is 13.1. The molecule has 0 saturated carbocycles. The number of rotatable bonds is 10. The SMILES string of the molecule is CCCCCn1c(=O)c2ccccc2n2c(SCCOc3ccc(CC#N)cc3)nnc12. The van der Waals surface area contributed by atoms with Crippen molar-refractivity contribution in [1.82, 2.24) is 19.2 Å². The number of nitrogens with zero attached hydrogens (tertiary/aromatic N) is 5. The Hall–Kier alpha value is -3.31. The normalized spacial score (nSPS) is 11.1. The molecule has 2 heterocycles. The Labute approximate surface area is 190 Å². The van der Waals surface area contributed by atoms with Crippen molar-refractivity contribution >= 4 is 28.4 Å². The van der Waals surface area contributed by atoms with Gasteiger partial charge in [-0.3, -0.25) is 13.8 Å². The van der Waals surface area contributed by atoms with Crippen molar-refractivity contribution in [3.8, 4) is 11.8 Å². The van der Waals surface area contributed by atoms with Crippen LogP contribution >= 0.6 is 11.8 Å². The first kappa shape index (κ1) is 21.9.